The van der Waals surface area contributed by atoms with Gasteiger partial charge in [0.25, 0.3) is 5.91 Å². The Hall–Kier alpha value is -1.80. The Morgan fingerprint density at radius 3 is 2.82 bits per heavy atom. The van der Waals surface area contributed by atoms with Crippen molar-refractivity contribution in [2.24, 2.45) is 0 Å². The molecule has 22 heavy (non-hydrogen) atoms. The van der Waals surface area contributed by atoms with Crippen molar-refractivity contribution in [3.05, 3.63) is 40.5 Å². The Kier molecular flexibility index (Phi) is 6.02. The van der Waals surface area contributed by atoms with Crippen molar-refractivity contribution >= 4 is 27.5 Å². The number of nitrogens with one attached hydrogen (secondary N) is 1. The van der Waals surface area contributed by atoms with Gasteiger partial charge >= 0.3 is 0 Å². The van der Waals surface area contributed by atoms with Gasteiger partial charge in [-0.25, -0.2) is 0 Å². The van der Waals surface area contributed by atoms with E-state index in [2.05, 4.69) is 33.1 Å². The second kappa shape index (κ2) is 8.00. The Morgan fingerprint density at radius 1 is 1.45 bits per heavy atom. The zero-order valence-electron chi connectivity index (χ0n) is 12.7. The molecule has 0 aliphatic carbocycles. The van der Waals surface area contributed by atoms with E-state index in [9.17, 15) is 10.1 Å². The number of rotatable bonds is 4. The fraction of sp³-hybridized carbons (Fsp3) is 0.412. The van der Waals surface area contributed by atoms with Crippen LogP contribution in [0.15, 0.2) is 40.5 Å². The third-order valence-corrected chi connectivity index (χ3v) is 4.43. The first kappa shape index (κ1) is 16.6. The molecule has 1 aromatic carbocycles. The molecule has 1 saturated heterocycles. The number of hydrogen-bond acceptors (Lipinski definition) is 3. The highest BCUT2D eigenvalue weighted by atomic mass is 79.9. The van der Waals surface area contributed by atoms with E-state index < -0.39 is 0 Å². The van der Waals surface area contributed by atoms with Gasteiger partial charge in [-0.2, -0.15) is 5.26 Å². The first-order chi connectivity index (χ1) is 10.6. The minimum atomic E-state index is -0.356. The minimum Gasteiger partial charge on any atom is -0.373 e. The molecule has 0 saturated carbocycles. The fourth-order valence-corrected chi connectivity index (χ4v) is 2.93. The lowest BCUT2D eigenvalue weighted by atomic mass is 10.0. The summed E-state index contributed by atoms with van der Waals surface area (Å²) in [4.78, 5) is 14.4. The molecule has 0 aromatic heterocycles. The predicted octanol–water partition coefficient (Wildman–Crippen LogP) is 4.06. The summed E-state index contributed by atoms with van der Waals surface area (Å²) >= 11 is 3.35. The first-order valence-corrected chi connectivity index (χ1v) is 8.38. The number of benzene rings is 1. The molecule has 1 N–H and O–H groups in total. The number of carbonyl (C=O) groups excluding carboxylic acids is 1. The maximum absolute atomic E-state index is 12.3. The van der Waals surface area contributed by atoms with E-state index >= 15 is 0 Å². The summed E-state index contributed by atoms with van der Waals surface area (Å²) in [5, 5.41) is 12.1. The molecule has 1 aromatic rings. The number of amides is 1. The molecular weight excluding hydrogens is 342 g/mol. The van der Waals surface area contributed by atoms with Crippen LogP contribution in [0, 0.1) is 11.3 Å². The van der Waals surface area contributed by atoms with Gasteiger partial charge in [0.15, 0.2) is 0 Å². The van der Waals surface area contributed by atoms with E-state index in [-0.39, 0.29) is 11.5 Å². The lowest BCUT2D eigenvalue weighted by Crippen LogP contribution is -2.35. The van der Waals surface area contributed by atoms with Gasteiger partial charge in [0.1, 0.15) is 11.6 Å². The summed E-state index contributed by atoms with van der Waals surface area (Å²) in [6.45, 7) is 3.06. The highest BCUT2D eigenvalue weighted by molar-refractivity contribution is 9.10. The molecule has 0 radical (unpaired) electrons. The third-order valence-electron chi connectivity index (χ3n) is 3.91. The van der Waals surface area contributed by atoms with Crippen LogP contribution in [0.2, 0.25) is 0 Å². The molecule has 1 fully saturated rings. The molecular formula is C17H20BrN3O. The number of piperidine rings is 1. The highest BCUT2D eigenvalue weighted by Gasteiger charge is 2.20. The van der Waals surface area contributed by atoms with Crippen LogP contribution in [0.4, 0.5) is 5.69 Å². The van der Waals surface area contributed by atoms with Crippen LogP contribution in [0.3, 0.4) is 0 Å². The van der Waals surface area contributed by atoms with Crippen molar-refractivity contribution in [3.8, 4) is 6.07 Å². The SMILES string of the molecule is CCC1CCCCN1/C=C(/C#N)C(=O)Nc1ccc(Br)cc1. The van der Waals surface area contributed by atoms with Gasteiger partial charge in [-0.3, -0.25) is 4.79 Å². The second-order valence-corrected chi connectivity index (χ2v) is 6.33. The maximum atomic E-state index is 12.3. The summed E-state index contributed by atoms with van der Waals surface area (Å²) in [5.41, 5.74) is 0.836. The molecule has 4 nitrogen and oxygen atoms in total. The largest absolute Gasteiger partial charge is 0.373 e. The zero-order chi connectivity index (χ0) is 15.9. The van der Waals surface area contributed by atoms with Gasteiger partial charge in [-0.05, 0) is 49.9 Å². The van der Waals surface area contributed by atoms with Gasteiger partial charge in [-0.15, -0.1) is 0 Å². The maximum Gasteiger partial charge on any atom is 0.267 e. The number of halogens is 1. The summed E-state index contributed by atoms with van der Waals surface area (Å²) in [6.07, 6.45) is 6.21. The Morgan fingerprint density at radius 2 is 2.18 bits per heavy atom. The van der Waals surface area contributed by atoms with Crippen LogP contribution in [0.25, 0.3) is 0 Å². The Balaban J connectivity index is 2.09. The minimum absolute atomic E-state index is 0.156. The number of carbonyl (C=O) groups is 1. The smallest absolute Gasteiger partial charge is 0.267 e. The number of hydrogen-bond donors (Lipinski definition) is 1. The van der Waals surface area contributed by atoms with E-state index in [1.807, 2.05) is 18.2 Å². The van der Waals surface area contributed by atoms with Crippen LogP contribution in [0.5, 0.6) is 0 Å². The van der Waals surface area contributed by atoms with Crippen molar-refractivity contribution in [2.45, 2.75) is 38.6 Å². The van der Waals surface area contributed by atoms with Crippen molar-refractivity contribution in [3.63, 3.8) is 0 Å². The van der Waals surface area contributed by atoms with Gasteiger partial charge in [-0.1, -0.05) is 22.9 Å². The van der Waals surface area contributed by atoms with Crippen molar-refractivity contribution in [1.82, 2.24) is 4.90 Å². The number of likely N-dealkylation sites (tertiary alicyclic amines) is 1. The van der Waals surface area contributed by atoms with Crippen molar-refractivity contribution < 1.29 is 4.79 Å². The lowest BCUT2D eigenvalue weighted by Gasteiger charge is -2.34. The summed E-state index contributed by atoms with van der Waals surface area (Å²) in [7, 11) is 0. The van der Waals surface area contributed by atoms with E-state index in [0.29, 0.717) is 11.7 Å². The molecule has 116 valence electrons. The van der Waals surface area contributed by atoms with Crippen LogP contribution in [-0.2, 0) is 4.79 Å². The molecule has 1 unspecified atom stereocenters. The van der Waals surface area contributed by atoms with E-state index in [1.54, 1.807) is 18.3 Å². The number of anilines is 1. The van der Waals surface area contributed by atoms with Crippen LogP contribution in [-0.4, -0.2) is 23.4 Å². The topological polar surface area (TPSA) is 56.1 Å². The van der Waals surface area contributed by atoms with E-state index in [4.69, 9.17) is 0 Å². The number of nitrogens with zero attached hydrogens (tertiary/aromatic N) is 2. The molecule has 1 heterocycles. The number of nitriles is 1. The average Bonchev–Trinajstić information content (AvgIpc) is 2.55. The fourth-order valence-electron chi connectivity index (χ4n) is 2.67. The van der Waals surface area contributed by atoms with E-state index in [0.717, 1.165) is 30.3 Å². The van der Waals surface area contributed by atoms with Gasteiger partial charge < -0.3 is 10.2 Å². The average molecular weight is 362 g/mol. The van der Waals surface area contributed by atoms with Crippen molar-refractivity contribution in [2.75, 3.05) is 11.9 Å². The summed E-state index contributed by atoms with van der Waals surface area (Å²) in [6, 6.07) is 9.75. The highest BCUT2D eigenvalue weighted by Crippen LogP contribution is 2.21. The molecule has 0 spiro atoms. The molecule has 2 rings (SSSR count). The lowest BCUT2D eigenvalue weighted by molar-refractivity contribution is -0.112. The summed E-state index contributed by atoms with van der Waals surface area (Å²) in [5.74, 6) is -0.356. The van der Waals surface area contributed by atoms with Gasteiger partial charge in [0.05, 0.1) is 0 Å². The van der Waals surface area contributed by atoms with Crippen molar-refractivity contribution in [1.29, 1.82) is 5.26 Å². The normalized spacial score (nSPS) is 18.7. The molecule has 0 bridgehead atoms. The molecule has 1 atom stereocenters. The van der Waals surface area contributed by atoms with Crippen LogP contribution < -0.4 is 5.32 Å². The predicted molar refractivity (Wildman–Crippen MR) is 91.1 cm³/mol. The van der Waals surface area contributed by atoms with E-state index in [1.165, 1.54) is 6.42 Å². The standard InChI is InChI=1S/C17H20BrN3O/c1-2-16-5-3-4-10-21(16)12-13(11-19)17(22)20-15-8-6-14(18)7-9-15/h6-9,12,16H,2-5,10H2,1H3,(H,20,22)/b13-12-. The van der Waals surface area contributed by atoms with Gasteiger partial charge in [0, 0.05) is 28.9 Å². The monoisotopic (exact) mass is 361 g/mol. The first-order valence-electron chi connectivity index (χ1n) is 7.58. The quantitative estimate of drug-likeness (QED) is 0.649. The summed E-state index contributed by atoms with van der Waals surface area (Å²) < 4.78 is 0.945. The van der Waals surface area contributed by atoms with Crippen LogP contribution in [0.1, 0.15) is 32.6 Å². The Labute approximate surface area is 139 Å². The van der Waals surface area contributed by atoms with Gasteiger partial charge in [0.2, 0.25) is 0 Å². The molecule has 1 aliphatic rings. The molecule has 5 heteroatoms. The third kappa shape index (κ3) is 4.35. The zero-order valence-corrected chi connectivity index (χ0v) is 14.3. The van der Waals surface area contributed by atoms with Crippen LogP contribution >= 0.6 is 15.9 Å². The molecule has 1 aliphatic heterocycles. The second-order valence-electron chi connectivity index (χ2n) is 5.41. The Bertz CT molecular complexity index is 589. The molecule has 1 amide bonds.